The maximum Gasteiger partial charge on any atom is 0.270 e. The molecule has 1 fully saturated rings. The molecule has 0 bridgehead atoms. The van der Waals surface area contributed by atoms with E-state index in [2.05, 4.69) is 4.98 Å². The van der Waals surface area contributed by atoms with E-state index in [-0.39, 0.29) is 17.3 Å². The molecule has 0 radical (unpaired) electrons. The largest absolute Gasteiger partial charge is 0.351 e. The Morgan fingerprint density at radius 1 is 0.964 bits per heavy atom. The number of sulfonamides is 1. The van der Waals surface area contributed by atoms with Crippen molar-refractivity contribution in [1.29, 1.82) is 0 Å². The summed E-state index contributed by atoms with van der Waals surface area (Å²) in [5.74, 6) is -0.623. The molecule has 2 aromatic carbocycles. The first-order valence-electron chi connectivity index (χ1n) is 9.08. The smallest absolute Gasteiger partial charge is 0.270 e. The van der Waals surface area contributed by atoms with Gasteiger partial charge in [0.15, 0.2) is 0 Å². The number of hydrogen-bond acceptors (Lipinski definition) is 3. The highest BCUT2D eigenvalue weighted by molar-refractivity contribution is 7.89. The number of nitrogens with one attached hydrogen (secondary N) is 1. The highest BCUT2D eigenvalue weighted by atomic mass is 32.2. The van der Waals surface area contributed by atoms with Crippen LogP contribution in [0.4, 0.5) is 4.39 Å². The SMILES string of the molecule is O=C(c1cc2ccccc2[nH]1)N1CCCN(S(=O)(=O)c2ccc(F)cc2)CC1. The molecular weight excluding hydrogens is 381 g/mol. The molecule has 0 atom stereocenters. The van der Waals surface area contributed by atoms with Crippen LogP contribution in [0.5, 0.6) is 0 Å². The summed E-state index contributed by atoms with van der Waals surface area (Å²) in [5, 5.41) is 0.959. The zero-order valence-electron chi connectivity index (χ0n) is 15.1. The van der Waals surface area contributed by atoms with Gasteiger partial charge in [0, 0.05) is 37.1 Å². The number of aromatic amines is 1. The van der Waals surface area contributed by atoms with Crippen molar-refractivity contribution in [2.45, 2.75) is 11.3 Å². The number of halogens is 1. The number of amides is 1. The van der Waals surface area contributed by atoms with Gasteiger partial charge in [0.05, 0.1) is 4.90 Å². The zero-order chi connectivity index (χ0) is 19.7. The van der Waals surface area contributed by atoms with Crippen molar-refractivity contribution < 1.29 is 17.6 Å². The molecule has 3 aromatic rings. The Morgan fingerprint density at radius 3 is 2.46 bits per heavy atom. The normalized spacial score (nSPS) is 16.2. The Kier molecular flexibility index (Phi) is 4.91. The molecule has 8 heteroatoms. The van der Waals surface area contributed by atoms with E-state index in [0.29, 0.717) is 31.7 Å². The average Bonchev–Trinajstić information content (AvgIpc) is 2.96. The Labute approximate surface area is 162 Å². The van der Waals surface area contributed by atoms with Gasteiger partial charge in [0.2, 0.25) is 10.0 Å². The fourth-order valence-corrected chi connectivity index (χ4v) is 4.92. The van der Waals surface area contributed by atoms with Gasteiger partial charge >= 0.3 is 0 Å². The van der Waals surface area contributed by atoms with E-state index in [4.69, 9.17) is 0 Å². The third kappa shape index (κ3) is 3.53. The highest BCUT2D eigenvalue weighted by Gasteiger charge is 2.29. The molecule has 146 valence electrons. The van der Waals surface area contributed by atoms with Crippen LogP contribution in [0, 0.1) is 5.82 Å². The summed E-state index contributed by atoms with van der Waals surface area (Å²) in [6, 6.07) is 14.3. The molecule has 0 aliphatic carbocycles. The topological polar surface area (TPSA) is 73.5 Å². The number of hydrogen-bond donors (Lipinski definition) is 1. The zero-order valence-corrected chi connectivity index (χ0v) is 16.0. The third-order valence-electron chi connectivity index (χ3n) is 4.95. The molecular formula is C20H20FN3O3S. The second-order valence-corrected chi connectivity index (χ2v) is 8.71. The standard InChI is InChI=1S/C20H20FN3O3S/c21-16-6-8-17(9-7-16)28(26,27)24-11-3-10-23(12-13-24)20(25)19-14-15-4-1-2-5-18(15)22-19/h1-2,4-9,14,22H,3,10-13H2. The van der Waals surface area contributed by atoms with Crippen LogP contribution < -0.4 is 0 Å². The summed E-state index contributed by atoms with van der Waals surface area (Å²) in [5.41, 5.74) is 1.39. The van der Waals surface area contributed by atoms with Gasteiger partial charge in [-0.25, -0.2) is 12.8 Å². The van der Waals surface area contributed by atoms with Crippen molar-refractivity contribution in [1.82, 2.24) is 14.2 Å². The van der Waals surface area contributed by atoms with Crippen LogP contribution in [0.2, 0.25) is 0 Å². The summed E-state index contributed by atoms with van der Waals surface area (Å²) in [7, 11) is -3.72. The number of carbonyl (C=O) groups excluding carboxylic acids is 1. The second-order valence-electron chi connectivity index (χ2n) is 6.77. The first-order valence-corrected chi connectivity index (χ1v) is 10.5. The van der Waals surface area contributed by atoms with Crippen LogP contribution in [0.3, 0.4) is 0 Å². The van der Waals surface area contributed by atoms with E-state index in [1.807, 2.05) is 30.3 Å². The fourth-order valence-electron chi connectivity index (χ4n) is 3.45. The molecule has 6 nitrogen and oxygen atoms in total. The number of aromatic nitrogens is 1. The van der Waals surface area contributed by atoms with Crippen molar-refractivity contribution in [2.24, 2.45) is 0 Å². The van der Waals surface area contributed by atoms with Gasteiger partial charge in [-0.05, 0) is 42.8 Å². The third-order valence-corrected chi connectivity index (χ3v) is 6.87. The minimum Gasteiger partial charge on any atom is -0.351 e. The van der Waals surface area contributed by atoms with Gasteiger partial charge in [-0.2, -0.15) is 4.31 Å². The number of benzene rings is 2. The van der Waals surface area contributed by atoms with Crippen LogP contribution in [0.25, 0.3) is 10.9 Å². The average molecular weight is 401 g/mol. The summed E-state index contributed by atoms with van der Waals surface area (Å²) >= 11 is 0. The molecule has 0 saturated carbocycles. The first kappa shape index (κ1) is 18.6. The van der Waals surface area contributed by atoms with E-state index in [9.17, 15) is 17.6 Å². The number of H-pyrrole nitrogens is 1. The van der Waals surface area contributed by atoms with Crippen molar-refractivity contribution in [3.05, 3.63) is 66.1 Å². The molecule has 1 saturated heterocycles. The Hall–Kier alpha value is -2.71. The van der Waals surface area contributed by atoms with Crippen LogP contribution >= 0.6 is 0 Å². The lowest BCUT2D eigenvalue weighted by Gasteiger charge is -2.21. The summed E-state index contributed by atoms with van der Waals surface area (Å²) in [4.78, 5) is 17.7. The monoisotopic (exact) mass is 401 g/mol. The predicted molar refractivity (Wildman–Crippen MR) is 104 cm³/mol. The molecule has 1 aliphatic rings. The molecule has 1 aliphatic heterocycles. The summed E-state index contributed by atoms with van der Waals surface area (Å²) in [6.07, 6.45) is 0.534. The van der Waals surface area contributed by atoms with Gasteiger partial charge in [-0.15, -0.1) is 0 Å². The second kappa shape index (κ2) is 7.37. The van der Waals surface area contributed by atoms with E-state index in [0.717, 1.165) is 23.0 Å². The minimum absolute atomic E-state index is 0.0595. The number of carbonyl (C=O) groups is 1. The van der Waals surface area contributed by atoms with Crippen molar-refractivity contribution >= 4 is 26.8 Å². The molecule has 4 rings (SSSR count). The molecule has 28 heavy (non-hydrogen) atoms. The minimum atomic E-state index is -3.72. The summed E-state index contributed by atoms with van der Waals surface area (Å²) in [6.45, 7) is 1.29. The van der Waals surface area contributed by atoms with Crippen LogP contribution in [0.15, 0.2) is 59.5 Å². The summed E-state index contributed by atoms with van der Waals surface area (Å²) < 4.78 is 40.1. The van der Waals surface area contributed by atoms with Crippen LogP contribution in [-0.2, 0) is 10.0 Å². The lowest BCUT2D eigenvalue weighted by atomic mass is 10.2. The fraction of sp³-hybridized carbons (Fsp3) is 0.250. The quantitative estimate of drug-likeness (QED) is 0.733. The molecule has 1 amide bonds. The van der Waals surface area contributed by atoms with Crippen molar-refractivity contribution in [2.75, 3.05) is 26.2 Å². The van der Waals surface area contributed by atoms with Crippen molar-refractivity contribution in [3.8, 4) is 0 Å². The lowest BCUT2D eigenvalue weighted by Crippen LogP contribution is -2.37. The van der Waals surface area contributed by atoms with Crippen LogP contribution in [0.1, 0.15) is 16.9 Å². The van der Waals surface area contributed by atoms with Gasteiger partial charge < -0.3 is 9.88 Å². The molecule has 2 heterocycles. The molecule has 1 aromatic heterocycles. The number of rotatable bonds is 3. The Morgan fingerprint density at radius 2 is 1.71 bits per heavy atom. The molecule has 1 N–H and O–H groups in total. The maximum absolute atomic E-state index is 13.1. The number of nitrogens with zero attached hydrogens (tertiary/aromatic N) is 2. The van der Waals surface area contributed by atoms with Crippen LogP contribution in [-0.4, -0.2) is 54.7 Å². The van der Waals surface area contributed by atoms with Crippen molar-refractivity contribution in [3.63, 3.8) is 0 Å². The van der Waals surface area contributed by atoms with E-state index in [1.165, 1.54) is 16.4 Å². The Balaban J connectivity index is 1.50. The van der Waals surface area contributed by atoms with Gasteiger partial charge in [0.1, 0.15) is 11.5 Å². The number of para-hydroxylation sites is 1. The Bertz CT molecular complexity index is 1080. The molecule has 0 spiro atoms. The van der Waals surface area contributed by atoms with E-state index >= 15 is 0 Å². The van der Waals surface area contributed by atoms with Gasteiger partial charge in [-0.1, -0.05) is 18.2 Å². The van der Waals surface area contributed by atoms with Gasteiger partial charge in [0.25, 0.3) is 5.91 Å². The highest BCUT2D eigenvalue weighted by Crippen LogP contribution is 2.20. The lowest BCUT2D eigenvalue weighted by molar-refractivity contribution is 0.0759. The first-order chi connectivity index (χ1) is 13.4. The van der Waals surface area contributed by atoms with E-state index < -0.39 is 15.8 Å². The molecule has 0 unspecified atom stereocenters. The number of fused-ring (bicyclic) bond motifs is 1. The predicted octanol–water partition coefficient (Wildman–Crippen LogP) is 2.84. The van der Waals surface area contributed by atoms with E-state index in [1.54, 1.807) is 4.90 Å². The van der Waals surface area contributed by atoms with Gasteiger partial charge in [-0.3, -0.25) is 4.79 Å². The maximum atomic E-state index is 13.1.